The maximum Gasteiger partial charge on any atom is 0.295 e. The normalized spacial score (nSPS) is 24.8. The number of aliphatic hydroxyl groups excluding tert-OH is 1. The number of ether oxygens (including phenoxy) is 1. The first-order chi connectivity index (χ1) is 22.0. The Bertz CT molecular complexity index is 2100. The van der Waals surface area contributed by atoms with Gasteiger partial charge >= 0.3 is 0 Å². The number of hydrogen-bond donors (Lipinski definition) is 1. The lowest BCUT2D eigenvalue weighted by molar-refractivity contribution is -0.445. The van der Waals surface area contributed by atoms with E-state index in [-0.39, 0.29) is 18.1 Å². The second-order valence-corrected chi connectivity index (χ2v) is 14.8. The summed E-state index contributed by atoms with van der Waals surface area (Å²) >= 11 is 0. The first kappa shape index (κ1) is 28.4. The van der Waals surface area contributed by atoms with Crippen molar-refractivity contribution in [2.24, 2.45) is 0 Å². The number of aliphatic hydroxyl groups is 1. The van der Waals surface area contributed by atoms with Crippen molar-refractivity contribution in [2.45, 2.75) is 75.9 Å². The largest absolute Gasteiger partial charge is 0.396 e. The lowest BCUT2D eigenvalue weighted by Crippen LogP contribution is -2.56. The number of rotatable bonds is 3. The van der Waals surface area contributed by atoms with Crippen molar-refractivity contribution in [3.63, 3.8) is 0 Å². The second-order valence-electron chi connectivity index (χ2n) is 14.8. The molecule has 2 atom stereocenters. The molecule has 9 rings (SSSR count). The molecule has 0 aliphatic carbocycles. The van der Waals surface area contributed by atoms with Crippen LogP contribution in [0.1, 0.15) is 57.2 Å². The summed E-state index contributed by atoms with van der Waals surface area (Å²) in [7, 11) is 0. The van der Waals surface area contributed by atoms with Gasteiger partial charge in [0.15, 0.2) is 18.4 Å². The van der Waals surface area contributed by atoms with Gasteiger partial charge in [-0.05, 0) is 77.6 Å². The SMILES string of the molecule is CC1(C)C2=[N+](CCC3OC4C(=C5N(CC4(F)F)c4cc(CCCO)c6ccccc6c4C5(C)C)C=C23)c2ccc3ccccc3c21. The second kappa shape index (κ2) is 9.36. The fourth-order valence-electron chi connectivity index (χ4n) is 9.66. The third kappa shape index (κ3) is 3.57. The summed E-state index contributed by atoms with van der Waals surface area (Å²) in [4.78, 5) is 1.89. The number of hydrogen-bond acceptors (Lipinski definition) is 3. The molecule has 0 saturated heterocycles. The van der Waals surface area contributed by atoms with E-state index in [2.05, 4.69) is 92.9 Å². The van der Waals surface area contributed by atoms with Gasteiger partial charge in [-0.3, -0.25) is 0 Å². The smallest absolute Gasteiger partial charge is 0.295 e. The summed E-state index contributed by atoms with van der Waals surface area (Å²) in [5, 5.41) is 14.3. The van der Waals surface area contributed by atoms with E-state index >= 15 is 8.78 Å². The number of allylic oxidation sites excluding steroid dienone is 1. The van der Waals surface area contributed by atoms with Gasteiger partial charge in [0.1, 0.15) is 0 Å². The Morgan fingerprint density at radius 1 is 0.913 bits per heavy atom. The van der Waals surface area contributed by atoms with Crippen LogP contribution in [0.2, 0.25) is 0 Å². The van der Waals surface area contributed by atoms with E-state index in [1.807, 2.05) is 17.0 Å². The molecule has 0 bridgehead atoms. The Labute approximate surface area is 268 Å². The summed E-state index contributed by atoms with van der Waals surface area (Å²) in [6.07, 6.45) is 2.42. The Kier molecular flexibility index (Phi) is 5.77. The number of halogens is 2. The molecule has 6 heteroatoms. The Morgan fingerprint density at radius 3 is 2.43 bits per heavy atom. The zero-order valence-corrected chi connectivity index (χ0v) is 26.8. The van der Waals surface area contributed by atoms with Crippen LogP contribution in [0, 0.1) is 0 Å². The minimum atomic E-state index is -3.07. The molecule has 2 unspecified atom stereocenters. The molecule has 46 heavy (non-hydrogen) atoms. The van der Waals surface area contributed by atoms with Gasteiger partial charge in [-0.2, -0.15) is 4.58 Å². The van der Waals surface area contributed by atoms with Gasteiger partial charge in [-0.25, -0.2) is 8.78 Å². The van der Waals surface area contributed by atoms with Crippen LogP contribution in [0.5, 0.6) is 0 Å². The van der Waals surface area contributed by atoms with E-state index in [0.717, 1.165) is 45.4 Å². The van der Waals surface area contributed by atoms with Crippen LogP contribution in [-0.2, 0) is 22.0 Å². The minimum Gasteiger partial charge on any atom is -0.396 e. The van der Waals surface area contributed by atoms with Gasteiger partial charge in [-0.1, -0.05) is 62.4 Å². The lowest BCUT2D eigenvalue weighted by atomic mass is 9.72. The Hall–Kier alpha value is -3.87. The molecule has 4 aromatic rings. The summed E-state index contributed by atoms with van der Waals surface area (Å²) in [5.74, 6) is -3.07. The lowest BCUT2D eigenvalue weighted by Gasteiger charge is -2.45. The molecular formula is C40H39F2N2O2+. The molecule has 4 nitrogen and oxygen atoms in total. The number of aryl methyl sites for hydroxylation is 1. The average molecular weight is 618 g/mol. The number of alkyl halides is 2. The van der Waals surface area contributed by atoms with Crippen LogP contribution < -0.4 is 4.90 Å². The van der Waals surface area contributed by atoms with Gasteiger partial charge < -0.3 is 14.7 Å². The van der Waals surface area contributed by atoms with Crippen molar-refractivity contribution in [3.8, 4) is 0 Å². The highest BCUT2D eigenvalue weighted by atomic mass is 19.3. The quantitative estimate of drug-likeness (QED) is 0.236. The molecule has 0 amide bonds. The predicted molar refractivity (Wildman–Crippen MR) is 180 cm³/mol. The van der Waals surface area contributed by atoms with E-state index in [1.54, 1.807) is 0 Å². The van der Waals surface area contributed by atoms with Crippen LogP contribution >= 0.6 is 0 Å². The third-order valence-electron chi connectivity index (χ3n) is 11.3. The minimum absolute atomic E-state index is 0.0909. The van der Waals surface area contributed by atoms with E-state index in [4.69, 9.17) is 4.74 Å². The monoisotopic (exact) mass is 617 g/mol. The maximum atomic E-state index is 16.4. The summed E-state index contributed by atoms with van der Waals surface area (Å²) in [6, 6.07) is 23.4. The first-order valence-corrected chi connectivity index (χ1v) is 16.6. The van der Waals surface area contributed by atoms with Gasteiger partial charge in [-0.15, -0.1) is 0 Å². The van der Waals surface area contributed by atoms with Gasteiger partial charge in [0, 0.05) is 52.6 Å². The zero-order chi connectivity index (χ0) is 31.7. The van der Waals surface area contributed by atoms with Crippen LogP contribution in [0.3, 0.4) is 0 Å². The van der Waals surface area contributed by atoms with Crippen LogP contribution in [0.4, 0.5) is 20.2 Å². The topological polar surface area (TPSA) is 35.7 Å². The number of benzene rings is 4. The van der Waals surface area contributed by atoms with Gasteiger partial charge in [0.25, 0.3) is 5.92 Å². The highest BCUT2D eigenvalue weighted by Crippen LogP contribution is 2.58. The summed E-state index contributed by atoms with van der Waals surface area (Å²) in [6.45, 7) is 9.33. The molecule has 1 N–H and O–H groups in total. The van der Waals surface area contributed by atoms with E-state index < -0.39 is 24.0 Å². The molecule has 5 heterocycles. The Morgan fingerprint density at radius 2 is 1.65 bits per heavy atom. The van der Waals surface area contributed by atoms with Crippen molar-refractivity contribution in [1.82, 2.24) is 0 Å². The summed E-state index contributed by atoms with van der Waals surface area (Å²) in [5.41, 5.74) is 8.43. The van der Waals surface area contributed by atoms with Gasteiger partial charge in [0.2, 0.25) is 5.69 Å². The van der Waals surface area contributed by atoms with Gasteiger partial charge in [0.05, 0.1) is 18.1 Å². The molecule has 5 aliphatic heterocycles. The predicted octanol–water partition coefficient (Wildman–Crippen LogP) is 8.09. The Balaban J connectivity index is 1.28. The van der Waals surface area contributed by atoms with Crippen molar-refractivity contribution >= 4 is 38.6 Å². The first-order valence-electron chi connectivity index (χ1n) is 16.6. The fourth-order valence-corrected chi connectivity index (χ4v) is 9.66. The molecule has 0 fully saturated rings. The van der Waals surface area contributed by atoms with Crippen LogP contribution in [0.15, 0.2) is 89.6 Å². The molecule has 5 aliphatic rings. The molecular weight excluding hydrogens is 578 g/mol. The van der Waals surface area contributed by atoms with Crippen molar-refractivity contribution < 1.29 is 23.2 Å². The maximum absolute atomic E-state index is 16.4. The van der Waals surface area contributed by atoms with Crippen LogP contribution in [0.25, 0.3) is 21.5 Å². The van der Waals surface area contributed by atoms with Crippen LogP contribution in [-0.4, -0.2) is 53.2 Å². The molecule has 0 aromatic heterocycles. The molecule has 0 saturated carbocycles. The standard InChI is InChI=1S/C40H39F2N2O2/c1-38(2)33-26-13-6-5-10-23(26)15-16-30(33)43-18-17-32-28(35(38)43)21-29-36-39(3,4)34-27-14-8-7-12-25(27)24(11-9-19-45)20-31(34)44(36)22-40(41,42)37(29)46-32/h5-8,10,12-16,20-21,32,37,45H,9,11,17-19,22H2,1-4H3/q+1. The van der Waals surface area contributed by atoms with Crippen molar-refractivity contribution in [3.05, 3.63) is 106 Å². The molecule has 0 radical (unpaired) electrons. The van der Waals surface area contributed by atoms with E-state index in [9.17, 15) is 5.11 Å². The summed E-state index contributed by atoms with van der Waals surface area (Å²) < 4.78 is 41.9. The molecule has 0 spiro atoms. The third-order valence-corrected chi connectivity index (χ3v) is 11.3. The van der Waals surface area contributed by atoms with Crippen molar-refractivity contribution in [2.75, 3.05) is 24.6 Å². The highest BCUT2D eigenvalue weighted by molar-refractivity contribution is 6.12. The fraction of sp³-hybridized carbons (Fsp3) is 0.375. The number of anilines is 1. The number of nitrogens with zero attached hydrogens (tertiary/aromatic N) is 2. The number of fused-ring (bicyclic) bond motifs is 12. The van der Waals surface area contributed by atoms with E-state index in [1.165, 1.54) is 27.7 Å². The van der Waals surface area contributed by atoms with E-state index in [0.29, 0.717) is 24.8 Å². The van der Waals surface area contributed by atoms with Crippen molar-refractivity contribution in [1.29, 1.82) is 0 Å². The molecule has 4 aromatic carbocycles. The zero-order valence-electron chi connectivity index (χ0n) is 26.8. The highest BCUT2D eigenvalue weighted by Gasteiger charge is 2.60. The molecule has 234 valence electrons. The average Bonchev–Trinajstić information content (AvgIpc) is 3.41.